The van der Waals surface area contributed by atoms with Gasteiger partial charge in [0.1, 0.15) is 11.4 Å². The number of carbonyl (C=O) groups excluding carboxylic acids is 3. The average molecular weight is 428 g/mol. The number of ether oxygens (including phenoxy) is 2. The van der Waals surface area contributed by atoms with Crippen molar-refractivity contribution in [2.75, 3.05) is 11.9 Å². The normalized spacial score (nSPS) is 11.3. The summed E-state index contributed by atoms with van der Waals surface area (Å²) >= 11 is 0. The summed E-state index contributed by atoms with van der Waals surface area (Å²) in [4.78, 5) is 46.8. The number of benzene rings is 2. The zero-order valence-electron chi connectivity index (χ0n) is 17.3. The van der Waals surface area contributed by atoms with E-state index in [1.807, 2.05) is 6.92 Å². The summed E-state index contributed by atoms with van der Waals surface area (Å²) in [6, 6.07) is 12.3. The molecule has 1 unspecified atom stereocenters. The fourth-order valence-corrected chi connectivity index (χ4v) is 2.60. The molecule has 2 aromatic carbocycles. The first-order valence-corrected chi connectivity index (χ1v) is 9.81. The second kappa shape index (κ2) is 11.4. The van der Waals surface area contributed by atoms with Crippen LogP contribution in [0.25, 0.3) is 0 Å². The Balaban J connectivity index is 1.83. The number of amides is 1. The summed E-state index contributed by atoms with van der Waals surface area (Å²) in [5.41, 5.74) is 0.173. The van der Waals surface area contributed by atoms with Crippen molar-refractivity contribution >= 4 is 29.0 Å². The molecule has 0 bridgehead atoms. The number of nitrogens with one attached hydrogen (secondary N) is 1. The quantitative estimate of drug-likeness (QED) is 0.249. The number of nitro benzene ring substituents is 1. The standard InChI is InChI=1S/C22H24N2O7/c1-3-14-30-17-10-8-16(9-11-17)20(25)12-13-21(26)31-15(2)22(27)23-18-6-4-5-7-19(18)24(28)29/h4-11,15H,3,12-14H2,1-2H3,(H,23,27). The van der Waals surface area contributed by atoms with Crippen LogP contribution >= 0.6 is 0 Å². The number of anilines is 1. The first kappa shape index (κ1) is 23.5. The van der Waals surface area contributed by atoms with Gasteiger partial charge in [0, 0.05) is 18.1 Å². The number of esters is 1. The average Bonchev–Trinajstić information content (AvgIpc) is 2.76. The topological polar surface area (TPSA) is 125 Å². The van der Waals surface area contributed by atoms with Gasteiger partial charge in [0.2, 0.25) is 0 Å². The van der Waals surface area contributed by atoms with Crippen molar-refractivity contribution in [3.63, 3.8) is 0 Å². The maximum Gasteiger partial charge on any atom is 0.307 e. The number of hydrogen-bond donors (Lipinski definition) is 1. The Labute approximate surface area is 179 Å². The number of nitro groups is 1. The van der Waals surface area contributed by atoms with E-state index in [4.69, 9.17) is 9.47 Å². The molecule has 2 aromatic rings. The van der Waals surface area contributed by atoms with Crippen molar-refractivity contribution in [2.24, 2.45) is 0 Å². The Morgan fingerprint density at radius 1 is 1.06 bits per heavy atom. The minimum absolute atomic E-state index is 0.00180. The lowest BCUT2D eigenvalue weighted by atomic mass is 10.1. The van der Waals surface area contributed by atoms with E-state index in [1.165, 1.54) is 31.2 Å². The van der Waals surface area contributed by atoms with E-state index in [1.54, 1.807) is 24.3 Å². The van der Waals surface area contributed by atoms with Gasteiger partial charge in [-0.1, -0.05) is 19.1 Å². The van der Waals surface area contributed by atoms with Crippen molar-refractivity contribution in [3.8, 4) is 5.75 Å². The molecule has 31 heavy (non-hydrogen) atoms. The van der Waals surface area contributed by atoms with E-state index < -0.39 is 22.9 Å². The van der Waals surface area contributed by atoms with Crippen LogP contribution in [0.15, 0.2) is 48.5 Å². The third-order valence-electron chi connectivity index (χ3n) is 4.24. The molecule has 9 heteroatoms. The molecular weight excluding hydrogens is 404 g/mol. The Morgan fingerprint density at radius 3 is 2.39 bits per heavy atom. The zero-order valence-corrected chi connectivity index (χ0v) is 17.3. The van der Waals surface area contributed by atoms with Gasteiger partial charge in [-0.2, -0.15) is 0 Å². The maximum atomic E-state index is 12.2. The summed E-state index contributed by atoms with van der Waals surface area (Å²) in [6.07, 6.45) is -0.582. The smallest absolute Gasteiger partial charge is 0.307 e. The molecule has 2 rings (SSSR count). The summed E-state index contributed by atoms with van der Waals surface area (Å²) in [5, 5.41) is 13.4. The van der Waals surface area contributed by atoms with Gasteiger partial charge < -0.3 is 14.8 Å². The van der Waals surface area contributed by atoms with Gasteiger partial charge >= 0.3 is 5.97 Å². The lowest BCUT2D eigenvalue weighted by Gasteiger charge is -2.13. The van der Waals surface area contributed by atoms with Crippen LogP contribution in [0.1, 0.15) is 43.5 Å². The third kappa shape index (κ3) is 7.22. The number of nitrogens with zero attached hydrogens (tertiary/aromatic N) is 1. The molecule has 0 spiro atoms. The van der Waals surface area contributed by atoms with E-state index in [0.29, 0.717) is 17.9 Å². The minimum Gasteiger partial charge on any atom is -0.494 e. The maximum absolute atomic E-state index is 12.2. The van der Waals surface area contributed by atoms with Gasteiger partial charge in [0.15, 0.2) is 11.9 Å². The zero-order chi connectivity index (χ0) is 22.8. The molecule has 0 heterocycles. The molecule has 0 aliphatic rings. The highest BCUT2D eigenvalue weighted by Crippen LogP contribution is 2.23. The Morgan fingerprint density at radius 2 is 1.74 bits per heavy atom. The second-order valence-corrected chi connectivity index (χ2v) is 6.69. The number of rotatable bonds is 11. The Hall–Kier alpha value is -3.75. The molecule has 1 N–H and O–H groups in total. The monoisotopic (exact) mass is 428 g/mol. The predicted molar refractivity (Wildman–Crippen MR) is 113 cm³/mol. The van der Waals surface area contributed by atoms with E-state index in [-0.39, 0.29) is 30.0 Å². The lowest BCUT2D eigenvalue weighted by molar-refractivity contribution is -0.383. The minimum atomic E-state index is -1.18. The van der Waals surface area contributed by atoms with Crippen LogP contribution in [0.2, 0.25) is 0 Å². The first-order valence-electron chi connectivity index (χ1n) is 9.81. The highest BCUT2D eigenvalue weighted by atomic mass is 16.6. The van der Waals surface area contributed by atoms with Crippen molar-refractivity contribution < 1.29 is 28.8 Å². The van der Waals surface area contributed by atoms with Gasteiger partial charge in [0.25, 0.3) is 11.6 Å². The molecule has 0 radical (unpaired) electrons. The number of carbonyl (C=O) groups is 3. The molecule has 1 atom stereocenters. The lowest BCUT2D eigenvalue weighted by Crippen LogP contribution is -2.30. The highest BCUT2D eigenvalue weighted by molar-refractivity contribution is 5.99. The molecule has 0 saturated heterocycles. The molecule has 1 amide bonds. The number of Topliss-reactive ketones (excluding diaryl/α,β-unsaturated/α-hetero) is 1. The van der Waals surface area contributed by atoms with Crippen LogP contribution in [-0.2, 0) is 14.3 Å². The Kier molecular flexibility index (Phi) is 8.68. The van der Waals surface area contributed by atoms with Gasteiger partial charge in [-0.05, 0) is 43.7 Å². The van der Waals surface area contributed by atoms with Crippen LogP contribution in [0.5, 0.6) is 5.75 Å². The molecule has 0 saturated carbocycles. The molecule has 0 aromatic heterocycles. The van der Waals surface area contributed by atoms with E-state index in [0.717, 1.165) is 6.42 Å². The van der Waals surface area contributed by atoms with Crippen LogP contribution in [0, 0.1) is 10.1 Å². The summed E-state index contributed by atoms with van der Waals surface area (Å²) in [5.74, 6) is -1.01. The third-order valence-corrected chi connectivity index (χ3v) is 4.24. The number of para-hydroxylation sites is 2. The van der Waals surface area contributed by atoms with Gasteiger partial charge in [-0.25, -0.2) is 0 Å². The fourth-order valence-electron chi connectivity index (χ4n) is 2.60. The number of hydrogen-bond acceptors (Lipinski definition) is 7. The van der Waals surface area contributed by atoms with E-state index in [2.05, 4.69) is 5.32 Å². The molecule has 0 fully saturated rings. The van der Waals surface area contributed by atoms with Crippen molar-refractivity contribution in [1.29, 1.82) is 0 Å². The van der Waals surface area contributed by atoms with Crippen LogP contribution in [-0.4, -0.2) is 35.3 Å². The van der Waals surface area contributed by atoms with Crippen molar-refractivity contribution in [1.82, 2.24) is 0 Å². The van der Waals surface area contributed by atoms with Gasteiger partial charge in [-0.3, -0.25) is 24.5 Å². The summed E-state index contributed by atoms with van der Waals surface area (Å²) in [7, 11) is 0. The van der Waals surface area contributed by atoms with E-state index >= 15 is 0 Å². The largest absolute Gasteiger partial charge is 0.494 e. The molecule has 0 aliphatic carbocycles. The van der Waals surface area contributed by atoms with Crippen LogP contribution in [0.4, 0.5) is 11.4 Å². The summed E-state index contributed by atoms with van der Waals surface area (Å²) < 4.78 is 10.5. The highest BCUT2D eigenvalue weighted by Gasteiger charge is 2.22. The molecule has 164 valence electrons. The van der Waals surface area contributed by atoms with Gasteiger partial charge in [-0.15, -0.1) is 0 Å². The molecule has 9 nitrogen and oxygen atoms in total. The fraction of sp³-hybridized carbons (Fsp3) is 0.318. The number of ketones is 1. The Bertz CT molecular complexity index is 941. The van der Waals surface area contributed by atoms with Crippen LogP contribution < -0.4 is 10.1 Å². The van der Waals surface area contributed by atoms with Crippen LogP contribution in [0.3, 0.4) is 0 Å². The molecule has 0 aliphatic heterocycles. The van der Waals surface area contributed by atoms with Crippen molar-refractivity contribution in [3.05, 3.63) is 64.2 Å². The second-order valence-electron chi connectivity index (χ2n) is 6.69. The van der Waals surface area contributed by atoms with E-state index in [9.17, 15) is 24.5 Å². The molecular formula is C22H24N2O7. The first-order chi connectivity index (χ1) is 14.8. The predicted octanol–water partition coefficient (Wildman–Crippen LogP) is 3.92. The SMILES string of the molecule is CCCOc1ccc(C(=O)CCC(=O)OC(C)C(=O)Nc2ccccc2[N+](=O)[O-])cc1. The summed E-state index contributed by atoms with van der Waals surface area (Å²) in [6.45, 7) is 3.92. The van der Waals surface area contributed by atoms with Crippen molar-refractivity contribution in [2.45, 2.75) is 39.2 Å². The van der Waals surface area contributed by atoms with Gasteiger partial charge in [0.05, 0.1) is 18.0 Å².